The number of aryl methyl sites for hydroxylation is 1. The number of nitrogens with zero attached hydrogens (tertiary/aromatic N) is 1. The van der Waals surface area contributed by atoms with Gasteiger partial charge in [0, 0.05) is 6.54 Å². The molecule has 0 radical (unpaired) electrons. The van der Waals surface area contributed by atoms with E-state index in [1.807, 2.05) is 49.3 Å². The van der Waals surface area contributed by atoms with Crippen LogP contribution in [0.2, 0.25) is 0 Å². The van der Waals surface area contributed by atoms with Crippen LogP contribution in [-0.2, 0) is 6.54 Å². The van der Waals surface area contributed by atoms with Gasteiger partial charge in [0.15, 0.2) is 0 Å². The van der Waals surface area contributed by atoms with E-state index in [-0.39, 0.29) is 11.2 Å². The van der Waals surface area contributed by atoms with Crippen molar-refractivity contribution in [2.24, 2.45) is 0 Å². The lowest BCUT2D eigenvalue weighted by Crippen LogP contribution is -2.13. The molecule has 4 nitrogen and oxygen atoms in total. The average molecular weight is 309 g/mol. The van der Waals surface area contributed by atoms with Gasteiger partial charge in [0.05, 0.1) is 16.5 Å². The number of hydrogen-bond donors (Lipinski definition) is 1. The number of benzene rings is 2. The maximum atomic E-state index is 12.9. The Morgan fingerprint density at radius 2 is 1.78 bits per heavy atom. The summed E-state index contributed by atoms with van der Waals surface area (Å²) in [5.41, 5.74) is 2.42. The predicted molar refractivity (Wildman–Crippen MR) is 91.7 cm³/mol. The van der Waals surface area contributed by atoms with E-state index in [1.54, 1.807) is 19.1 Å². The van der Waals surface area contributed by atoms with E-state index in [2.05, 4.69) is 0 Å². The van der Waals surface area contributed by atoms with Crippen LogP contribution >= 0.6 is 0 Å². The van der Waals surface area contributed by atoms with Gasteiger partial charge in [0.1, 0.15) is 17.1 Å². The lowest BCUT2D eigenvalue weighted by Gasteiger charge is -2.14. The molecular formula is C19H19NO3. The largest absolute Gasteiger partial charge is 0.507 e. The molecule has 0 saturated carbocycles. The summed E-state index contributed by atoms with van der Waals surface area (Å²) >= 11 is 0. The molecule has 1 N–H and O–H groups in total. The zero-order chi connectivity index (χ0) is 16.6. The highest BCUT2D eigenvalue weighted by molar-refractivity contribution is 5.86. The zero-order valence-electron chi connectivity index (χ0n) is 13.5. The van der Waals surface area contributed by atoms with Crippen molar-refractivity contribution in [3.05, 3.63) is 64.0 Å². The molecule has 0 aliphatic carbocycles. The second-order valence-electron chi connectivity index (χ2n) is 5.91. The summed E-state index contributed by atoms with van der Waals surface area (Å²) in [6.07, 6.45) is 0. The highest BCUT2D eigenvalue weighted by Gasteiger charge is 2.18. The molecule has 0 bridgehead atoms. The highest BCUT2D eigenvalue weighted by atomic mass is 16.3. The lowest BCUT2D eigenvalue weighted by atomic mass is 10.0. The first kappa shape index (κ1) is 15.3. The number of hydrogen-bond acceptors (Lipinski definition) is 4. The zero-order valence-corrected chi connectivity index (χ0v) is 13.5. The van der Waals surface area contributed by atoms with E-state index >= 15 is 0 Å². The van der Waals surface area contributed by atoms with Gasteiger partial charge in [0.2, 0.25) is 5.43 Å². The van der Waals surface area contributed by atoms with E-state index in [4.69, 9.17) is 4.42 Å². The van der Waals surface area contributed by atoms with E-state index in [0.29, 0.717) is 34.4 Å². The van der Waals surface area contributed by atoms with E-state index in [9.17, 15) is 9.90 Å². The molecule has 0 aliphatic heterocycles. The van der Waals surface area contributed by atoms with Gasteiger partial charge in [-0.25, -0.2) is 0 Å². The maximum absolute atomic E-state index is 12.9. The molecule has 1 heterocycles. The summed E-state index contributed by atoms with van der Waals surface area (Å²) in [6, 6.07) is 12.7. The Labute approximate surface area is 134 Å². The molecule has 0 fully saturated rings. The van der Waals surface area contributed by atoms with Gasteiger partial charge in [-0.05, 0) is 38.7 Å². The molecule has 1 aromatic heterocycles. The van der Waals surface area contributed by atoms with Crippen LogP contribution < -0.4 is 5.43 Å². The third-order valence-corrected chi connectivity index (χ3v) is 3.85. The minimum atomic E-state index is -0.0741. The molecule has 3 rings (SSSR count). The molecule has 0 atom stereocenters. The first-order valence-corrected chi connectivity index (χ1v) is 7.47. The lowest BCUT2D eigenvalue weighted by molar-refractivity contribution is 0.383. The minimum absolute atomic E-state index is 0.0741. The quantitative estimate of drug-likeness (QED) is 0.804. The van der Waals surface area contributed by atoms with Crippen LogP contribution in [0.25, 0.3) is 22.1 Å². The van der Waals surface area contributed by atoms with Crippen LogP contribution in [0.15, 0.2) is 51.7 Å². The third-order valence-electron chi connectivity index (χ3n) is 3.85. The molecule has 4 heteroatoms. The second kappa shape index (κ2) is 5.89. The molecular weight excluding hydrogens is 290 g/mol. The fourth-order valence-corrected chi connectivity index (χ4v) is 2.82. The Bertz CT molecular complexity index is 911. The van der Waals surface area contributed by atoms with Crippen molar-refractivity contribution in [2.75, 3.05) is 14.1 Å². The summed E-state index contributed by atoms with van der Waals surface area (Å²) in [7, 11) is 3.81. The average Bonchev–Trinajstić information content (AvgIpc) is 2.51. The monoisotopic (exact) mass is 309 g/mol. The Balaban J connectivity index is 2.33. The van der Waals surface area contributed by atoms with Crippen molar-refractivity contribution < 1.29 is 9.52 Å². The fourth-order valence-electron chi connectivity index (χ4n) is 2.82. The molecule has 0 unspecified atom stereocenters. The van der Waals surface area contributed by atoms with Crippen molar-refractivity contribution in [3.63, 3.8) is 0 Å². The number of rotatable bonds is 3. The normalized spacial score (nSPS) is 11.3. The molecule has 0 amide bonds. The predicted octanol–water partition coefficient (Wildman–Crippen LogP) is 3.54. The van der Waals surface area contributed by atoms with Crippen LogP contribution in [-0.4, -0.2) is 24.1 Å². The summed E-state index contributed by atoms with van der Waals surface area (Å²) < 4.78 is 5.95. The smallest absolute Gasteiger partial charge is 0.200 e. The molecule has 0 saturated heterocycles. The van der Waals surface area contributed by atoms with Crippen LogP contribution in [0.3, 0.4) is 0 Å². The second-order valence-corrected chi connectivity index (χ2v) is 5.91. The molecule has 118 valence electrons. The molecule has 23 heavy (non-hydrogen) atoms. The number of phenolic OH excluding ortho intramolecular Hbond substituents is 1. The first-order chi connectivity index (χ1) is 11.0. The van der Waals surface area contributed by atoms with Crippen molar-refractivity contribution in [1.82, 2.24) is 4.90 Å². The van der Waals surface area contributed by atoms with Crippen molar-refractivity contribution in [1.29, 1.82) is 0 Å². The maximum Gasteiger partial charge on any atom is 0.200 e. The summed E-state index contributed by atoms with van der Waals surface area (Å²) in [6.45, 7) is 2.28. The Morgan fingerprint density at radius 3 is 2.43 bits per heavy atom. The standard InChI is InChI=1S/C19H19NO3/c1-12-17(13-7-5-4-6-8-13)18(22)14-9-10-16(21)15(11-20(2)3)19(14)23-12/h4-10,21H,11H2,1-3H3. The van der Waals surface area contributed by atoms with E-state index < -0.39 is 0 Å². The molecule has 0 spiro atoms. The molecule has 2 aromatic carbocycles. The molecule has 0 aliphatic rings. The number of aromatic hydroxyl groups is 1. The topological polar surface area (TPSA) is 53.7 Å². The Morgan fingerprint density at radius 1 is 1.09 bits per heavy atom. The van der Waals surface area contributed by atoms with Gasteiger partial charge in [-0.2, -0.15) is 0 Å². The number of fused-ring (bicyclic) bond motifs is 1. The first-order valence-electron chi connectivity index (χ1n) is 7.47. The van der Waals surface area contributed by atoms with Gasteiger partial charge in [-0.1, -0.05) is 30.3 Å². The summed E-state index contributed by atoms with van der Waals surface area (Å²) in [5, 5.41) is 10.6. The minimum Gasteiger partial charge on any atom is -0.507 e. The van der Waals surface area contributed by atoms with Crippen LogP contribution in [0.5, 0.6) is 5.75 Å². The van der Waals surface area contributed by atoms with Gasteiger partial charge in [-0.3, -0.25) is 4.79 Å². The van der Waals surface area contributed by atoms with E-state index in [1.165, 1.54) is 0 Å². The van der Waals surface area contributed by atoms with Gasteiger partial charge < -0.3 is 14.4 Å². The van der Waals surface area contributed by atoms with Gasteiger partial charge >= 0.3 is 0 Å². The van der Waals surface area contributed by atoms with Crippen molar-refractivity contribution in [2.45, 2.75) is 13.5 Å². The van der Waals surface area contributed by atoms with E-state index in [0.717, 1.165) is 5.56 Å². The third kappa shape index (κ3) is 2.73. The summed E-state index contributed by atoms with van der Waals surface area (Å²) in [4.78, 5) is 14.9. The fraction of sp³-hybridized carbons (Fsp3) is 0.211. The van der Waals surface area contributed by atoms with Crippen LogP contribution in [0, 0.1) is 6.92 Å². The van der Waals surface area contributed by atoms with Crippen molar-refractivity contribution >= 4 is 11.0 Å². The Hall–Kier alpha value is -2.59. The summed E-state index contributed by atoms with van der Waals surface area (Å²) in [5.74, 6) is 0.695. The van der Waals surface area contributed by atoms with Crippen molar-refractivity contribution in [3.8, 4) is 16.9 Å². The SMILES string of the molecule is Cc1oc2c(CN(C)C)c(O)ccc2c(=O)c1-c1ccccc1. The van der Waals surface area contributed by atoms with Gasteiger partial charge in [0.25, 0.3) is 0 Å². The van der Waals surface area contributed by atoms with Gasteiger partial charge in [-0.15, -0.1) is 0 Å². The Kier molecular flexibility index (Phi) is 3.92. The van der Waals surface area contributed by atoms with Crippen LogP contribution in [0.4, 0.5) is 0 Å². The highest BCUT2D eigenvalue weighted by Crippen LogP contribution is 2.30. The molecule has 3 aromatic rings. The number of phenols is 1. The van der Waals surface area contributed by atoms with Crippen LogP contribution in [0.1, 0.15) is 11.3 Å².